The summed E-state index contributed by atoms with van der Waals surface area (Å²) in [5.41, 5.74) is 8.39. The van der Waals surface area contributed by atoms with Gasteiger partial charge in [-0.25, -0.2) is 4.39 Å². The van der Waals surface area contributed by atoms with Crippen molar-refractivity contribution in [2.24, 2.45) is 10.8 Å². The lowest BCUT2D eigenvalue weighted by atomic mass is 9.96. The number of allylic oxidation sites excluding steroid dienone is 1. The maximum Gasteiger partial charge on any atom is 0.410 e. The van der Waals surface area contributed by atoms with Crippen LogP contribution in [0.2, 0.25) is 0 Å². The number of nitrogens with zero attached hydrogens (tertiary/aromatic N) is 5. The summed E-state index contributed by atoms with van der Waals surface area (Å²) in [5.74, 6) is -1.90. The quantitative estimate of drug-likeness (QED) is 0.190. The van der Waals surface area contributed by atoms with Crippen LogP contribution in [0.25, 0.3) is 17.0 Å². The third-order valence-electron chi connectivity index (χ3n) is 7.17. The number of amidine groups is 1. The van der Waals surface area contributed by atoms with Gasteiger partial charge in [0.25, 0.3) is 5.91 Å². The van der Waals surface area contributed by atoms with E-state index in [1.54, 1.807) is 13.8 Å². The van der Waals surface area contributed by atoms with Crippen molar-refractivity contribution in [1.29, 1.82) is 5.41 Å². The van der Waals surface area contributed by atoms with Crippen LogP contribution in [0.4, 0.5) is 23.2 Å². The highest BCUT2D eigenvalue weighted by atomic mass is 19.4. The monoisotopic (exact) mass is 578 g/mol. The molecule has 4 N–H and O–H groups in total. The molecule has 0 spiro atoms. The molecule has 0 aliphatic carbocycles. The number of benzene rings is 1. The molecule has 1 saturated heterocycles. The molecule has 0 radical (unpaired) electrons. The fourth-order valence-corrected chi connectivity index (χ4v) is 5.06. The molecule has 1 aromatic carbocycles. The molecule has 41 heavy (non-hydrogen) atoms. The number of rotatable bonds is 8. The molecule has 1 atom stereocenters. The molecule has 3 rings (SSSR count). The van der Waals surface area contributed by atoms with Crippen LogP contribution in [0.1, 0.15) is 45.9 Å². The maximum absolute atomic E-state index is 15.2. The van der Waals surface area contributed by atoms with Crippen LogP contribution in [-0.2, 0) is 9.59 Å². The summed E-state index contributed by atoms with van der Waals surface area (Å²) >= 11 is 0. The minimum Gasteiger partial charge on any atom is -0.382 e. The van der Waals surface area contributed by atoms with Crippen LogP contribution < -0.4 is 16.1 Å². The smallest absolute Gasteiger partial charge is 0.382 e. The Labute approximate surface area is 235 Å². The van der Waals surface area contributed by atoms with Crippen molar-refractivity contribution < 1.29 is 27.2 Å². The normalized spacial score (nSPS) is 16.4. The van der Waals surface area contributed by atoms with Gasteiger partial charge < -0.3 is 21.0 Å². The Morgan fingerprint density at radius 3 is 2.41 bits per heavy atom. The van der Waals surface area contributed by atoms with E-state index < -0.39 is 35.3 Å². The number of hydrogen-bond acceptors (Lipinski definition) is 6. The van der Waals surface area contributed by atoms with E-state index in [4.69, 9.17) is 11.1 Å². The lowest BCUT2D eigenvalue weighted by Gasteiger charge is -2.45. The fraction of sp³-hybridized carbons (Fsp3) is 0.407. The zero-order valence-corrected chi connectivity index (χ0v) is 23.7. The first kappa shape index (κ1) is 31.2. The molecule has 1 aliphatic rings. The van der Waals surface area contributed by atoms with Crippen molar-refractivity contribution in [2.75, 3.05) is 30.5 Å². The van der Waals surface area contributed by atoms with Crippen molar-refractivity contribution in [2.45, 2.75) is 52.4 Å². The highest BCUT2D eigenvalue weighted by molar-refractivity contribution is 6.03. The Morgan fingerprint density at radius 1 is 1.29 bits per heavy atom. The van der Waals surface area contributed by atoms with Gasteiger partial charge in [-0.15, -0.1) is 0 Å². The van der Waals surface area contributed by atoms with E-state index in [1.165, 1.54) is 65.7 Å². The first-order valence-electron chi connectivity index (χ1n) is 12.7. The number of nitrogens with two attached hydrogens (primary N) is 1. The zero-order chi connectivity index (χ0) is 31.0. The number of aromatic nitrogens is 1. The Hall–Kier alpha value is -4.36. The van der Waals surface area contributed by atoms with Gasteiger partial charge in [-0.1, -0.05) is 6.08 Å². The highest BCUT2D eigenvalue weighted by Crippen LogP contribution is 2.37. The summed E-state index contributed by atoms with van der Waals surface area (Å²) in [6.07, 6.45) is -3.24. The van der Waals surface area contributed by atoms with Gasteiger partial charge in [0.2, 0.25) is 5.91 Å². The van der Waals surface area contributed by atoms with Gasteiger partial charge >= 0.3 is 6.18 Å². The molecule has 2 aromatic rings. The van der Waals surface area contributed by atoms with E-state index in [-0.39, 0.29) is 41.6 Å². The Morgan fingerprint density at radius 2 is 1.93 bits per heavy atom. The zero-order valence-electron chi connectivity index (χ0n) is 23.7. The number of hydrazone groups is 1. The molecule has 14 heteroatoms. The summed E-state index contributed by atoms with van der Waals surface area (Å²) in [7, 11) is 1.52. The largest absolute Gasteiger partial charge is 0.410 e. The number of hydrogen-bond donors (Lipinski definition) is 3. The molecule has 1 fully saturated rings. The molecule has 222 valence electrons. The molecule has 1 aromatic heterocycles. The number of piperazine rings is 1. The Balaban J connectivity index is 2.20. The van der Waals surface area contributed by atoms with Crippen LogP contribution >= 0.6 is 0 Å². The molecule has 0 saturated carbocycles. The number of anilines is 1. The van der Waals surface area contributed by atoms with E-state index in [0.29, 0.717) is 16.3 Å². The van der Waals surface area contributed by atoms with Gasteiger partial charge in [-0.05, 0) is 52.0 Å². The van der Waals surface area contributed by atoms with Crippen molar-refractivity contribution in [3.05, 3.63) is 47.4 Å². The Bertz CT molecular complexity index is 1410. The average Bonchev–Trinajstić information content (AvgIpc) is 3.27. The number of nitrogen functional groups attached to an aromatic ring is 1. The van der Waals surface area contributed by atoms with Gasteiger partial charge in [0.1, 0.15) is 28.9 Å². The van der Waals surface area contributed by atoms with Crippen molar-refractivity contribution in [3.8, 4) is 11.3 Å². The van der Waals surface area contributed by atoms with Crippen molar-refractivity contribution in [1.82, 2.24) is 14.6 Å². The molecule has 10 nitrogen and oxygen atoms in total. The summed E-state index contributed by atoms with van der Waals surface area (Å²) in [4.78, 5) is 28.2. The van der Waals surface area contributed by atoms with E-state index >= 15 is 4.39 Å². The second-order valence-corrected chi connectivity index (χ2v) is 9.99. The van der Waals surface area contributed by atoms with E-state index in [1.807, 2.05) is 0 Å². The number of nitrogens with one attached hydrogen (secondary N) is 2. The second kappa shape index (κ2) is 11.3. The minimum absolute atomic E-state index is 0.00936. The average molecular weight is 579 g/mol. The highest BCUT2D eigenvalue weighted by Gasteiger charge is 2.44. The van der Waals surface area contributed by atoms with E-state index in [9.17, 15) is 22.8 Å². The van der Waals surface area contributed by atoms with E-state index in [2.05, 4.69) is 17.2 Å². The minimum atomic E-state index is -4.64. The standard InChI is InChI=1S/C27H34F4N8O2/c1-8-20(38(34-6)15(2)27(29,30)31)18-14-21(39(35-7)23(18)24(32)33)17-9-10-19(28)22(13-17)36-11-12-37(16(3)40)26(4,5)25(36)41/h8-10,13-15,35H,6,11-12H2,1-5,7H3,(H3,32,33)/b20-8-/t15-/m1/s1. The van der Waals surface area contributed by atoms with Crippen molar-refractivity contribution in [3.63, 3.8) is 0 Å². The number of halogens is 4. The summed E-state index contributed by atoms with van der Waals surface area (Å²) < 4.78 is 57.5. The molecular weight excluding hydrogens is 544 g/mol. The summed E-state index contributed by atoms with van der Waals surface area (Å²) in [6, 6.07) is 3.49. The number of carbonyl (C=O) groups is 2. The first-order valence-corrected chi connectivity index (χ1v) is 12.7. The Kier molecular flexibility index (Phi) is 8.56. The first-order chi connectivity index (χ1) is 19.0. The van der Waals surface area contributed by atoms with E-state index in [0.717, 1.165) is 6.92 Å². The van der Waals surface area contributed by atoms with Crippen LogP contribution in [0, 0.1) is 11.2 Å². The maximum atomic E-state index is 15.2. The van der Waals surface area contributed by atoms with Gasteiger partial charge in [-0.3, -0.25) is 24.7 Å². The second-order valence-electron chi connectivity index (χ2n) is 9.99. The van der Waals surface area contributed by atoms with Gasteiger partial charge in [0.05, 0.1) is 17.1 Å². The third-order valence-corrected chi connectivity index (χ3v) is 7.17. The predicted octanol–water partition coefficient (Wildman–Crippen LogP) is 3.95. The number of alkyl halides is 3. The van der Waals surface area contributed by atoms with Crippen LogP contribution in [0.3, 0.4) is 0 Å². The summed E-state index contributed by atoms with van der Waals surface area (Å²) in [6.45, 7) is 10.5. The van der Waals surface area contributed by atoms with Crippen LogP contribution in [0.15, 0.2) is 35.4 Å². The third kappa shape index (κ3) is 5.50. The van der Waals surface area contributed by atoms with Gasteiger partial charge in [0.15, 0.2) is 0 Å². The molecular formula is C27H34F4N8O2. The molecule has 1 aliphatic heterocycles. The fourth-order valence-electron chi connectivity index (χ4n) is 5.06. The molecule has 2 heterocycles. The molecule has 0 bridgehead atoms. The van der Waals surface area contributed by atoms with Gasteiger partial charge in [-0.2, -0.15) is 18.3 Å². The van der Waals surface area contributed by atoms with Crippen LogP contribution in [-0.4, -0.2) is 76.8 Å². The number of carbonyl (C=O) groups excluding carboxylic acids is 2. The number of amides is 2. The van der Waals surface area contributed by atoms with Crippen LogP contribution in [0.5, 0.6) is 0 Å². The SMILES string of the molecule is C=NN(/C(=C\C)c1cc(-c2ccc(F)c(N3CCN(C(C)=O)C(C)(C)C3=O)c2)n(NC)c1C(=N)N)[C@H](C)C(F)(F)F. The topological polar surface area (TPSA) is 123 Å². The lowest BCUT2D eigenvalue weighted by molar-refractivity contribution is -0.170. The van der Waals surface area contributed by atoms with Crippen molar-refractivity contribution >= 4 is 35.8 Å². The predicted molar refractivity (Wildman–Crippen MR) is 151 cm³/mol. The molecule has 0 unspecified atom stereocenters. The van der Waals surface area contributed by atoms with Gasteiger partial charge in [0, 0.05) is 44.9 Å². The lowest BCUT2D eigenvalue weighted by Crippen LogP contribution is -2.64. The molecule has 2 amide bonds. The summed E-state index contributed by atoms with van der Waals surface area (Å²) in [5, 5.41) is 12.5.